The van der Waals surface area contributed by atoms with E-state index in [1.165, 1.54) is 16.7 Å². The van der Waals surface area contributed by atoms with Crippen molar-refractivity contribution in [2.45, 2.75) is 26.8 Å². The highest BCUT2D eigenvalue weighted by Gasteiger charge is 2.32. The second-order valence-electron chi connectivity index (χ2n) is 8.60. The average Bonchev–Trinajstić information content (AvgIpc) is 3.58. The fraction of sp³-hybridized carbons (Fsp3) is 0.231. The molecule has 184 valence electrons. The van der Waals surface area contributed by atoms with Crippen molar-refractivity contribution in [3.63, 3.8) is 0 Å². The number of hydrogen-bond acceptors (Lipinski definition) is 7. The summed E-state index contributed by atoms with van der Waals surface area (Å²) in [6, 6.07) is 14.9. The van der Waals surface area contributed by atoms with E-state index in [1.807, 2.05) is 57.2 Å². The van der Waals surface area contributed by atoms with Gasteiger partial charge in [-0.1, -0.05) is 35.5 Å². The number of amides is 2. The van der Waals surface area contributed by atoms with Gasteiger partial charge < -0.3 is 14.8 Å². The number of thioether (sulfide) groups is 1. The molecule has 2 aromatic carbocycles. The van der Waals surface area contributed by atoms with Crippen LogP contribution in [0.5, 0.6) is 11.5 Å². The number of nitrogens with one attached hydrogen (secondary N) is 1. The fourth-order valence-electron chi connectivity index (χ4n) is 3.81. The molecule has 0 atom stereocenters. The third kappa shape index (κ3) is 4.85. The van der Waals surface area contributed by atoms with Gasteiger partial charge >= 0.3 is 0 Å². The lowest BCUT2D eigenvalue weighted by atomic mass is 10.1. The van der Waals surface area contributed by atoms with E-state index in [-0.39, 0.29) is 36.1 Å². The van der Waals surface area contributed by atoms with Crippen LogP contribution in [0.4, 0.5) is 11.5 Å². The van der Waals surface area contributed by atoms with E-state index in [4.69, 9.17) is 9.47 Å². The van der Waals surface area contributed by atoms with Crippen LogP contribution < -0.4 is 19.7 Å². The Labute approximate surface area is 212 Å². The lowest BCUT2D eigenvalue weighted by molar-refractivity contribution is -0.114. The van der Waals surface area contributed by atoms with Crippen LogP contribution in [0.25, 0.3) is 6.08 Å². The smallest absolute Gasteiger partial charge is 0.283 e. The van der Waals surface area contributed by atoms with Crippen molar-refractivity contribution in [1.82, 2.24) is 9.78 Å². The minimum Gasteiger partial charge on any atom is -0.454 e. The van der Waals surface area contributed by atoms with Gasteiger partial charge in [-0.25, -0.2) is 9.67 Å². The van der Waals surface area contributed by atoms with Crippen LogP contribution in [0, 0.1) is 6.92 Å². The molecule has 3 aromatic rings. The molecule has 0 unspecified atom stereocenters. The van der Waals surface area contributed by atoms with Gasteiger partial charge in [0, 0.05) is 12.1 Å². The Bertz CT molecular complexity index is 1380. The van der Waals surface area contributed by atoms with Crippen molar-refractivity contribution in [3.05, 3.63) is 71.6 Å². The number of aryl methyl sites for hydroxylation is 1. The van der Waals surface area contributed by atoms with Crippen LogP contribution in [-0.2, 0) is 9.59 Å². The molecule has 0 radical (unpaired) electrons. The Morgan fingerprint density at radius 2 is 1.92 bits per heavy atom. The summed E-state index contributed by atoms with van der Waals surface area (Å²) in [6.45, 7) is 6.14. The number of hydrogen-bond donors (Lipinski definition) is 1. The molecule has 0 saturated heterocycles. The average molecular weight is 504 g/mol. The quantitative estimate of drug-likeness (QED) is 0.493. The first-order chi connectivity index (χ1) is 17.4. The first-order valence-corrected chi connectivity index (χ1v) is 12.4. The van der Waals surface area contributed by atoms with Crippen LogP contribution in [0.15, 0.2) is 65.4 Å². The van der Waals surface area contributed by atoms with Crippen LogP contribution in [0.1, 0.15) is 31.0 Å². The van der Waals surface area contributed by atoms with E-state index >= 15 is 0 Å². The van der Waals surface area contributed by atoms with E-state index in [0.717, 1.165) is 11.1 Å². The largest absolute Gasteiger partial charge is 0.454 e. The van der Waals surface area contributed by atoms with Gasteiger partial charge in [0.2, 0.25) is 12.7 Å². The van der Waals surface area contributed by atoms with Gasteiger partial charge in [-0.15, -0.1) is 0 Å². The number of carbonyl (C=O) groups is 2. The maximum Gasteiger partial charge on any atom is 0.283 e. The van der Waals surface area contributed by atoms with Crippen molar-refractivity contribution in [1.29, 1.82) is 0 Å². The van der Waals surface area contributed by atoms with Crippen molar-refractivity contribution in [2.24, 2.45) is 4.99 Å². The summed E-state index contributed by atoms with van der Waals surface area (Å²) in [7, 11) is 0. The van der Waals surface area contributed by atoms with Gasteiger partial charge in [0.25, 0.3) is 5.91 Å². The van der Waals surface area contributed by atoms with E-state index in [9.17, 15) is 9.59 Å². The molecule has 5 rings (SSSR count). The highest BCUT2D eigenvalue weighted by molar-refractivity contribution is 8.14. The van der Waals surface area contributed by atoms with Crippen LogP contribution >= 0.6 is 11.8 Å². The number of amidine groups is 1. The molecule has 0 fully saturated rings. The molecule has 3 heterocycles. The number of nitrogens with zero attached hydrogens (tertiary/aromatic N) is 4. The van der Waals surface area contributed by atoms with Crippen LogP contribution in [-0.4, -0.2) is 39.3 Å². The predicted octanol–water partition coefficient (Wildman–Crippen LogP) is 4.62. The molecule has 1 N–H and O–H groups in total. The summed E-state index contributed by atoms with van der Waals surface area (Å²) < 4.78 is 12.6. The summed E-state index contributed by atoms with van der Waals surface area (Å²) in [5.41, 5.74) is 2.80. The zero-order valence-electron chi connectivity index (χ0n) is 20.1. The minimum atomic E-state index is -0.266. The molecule has 9 nitrogen and oxygen atoms in total. The van der Waals surface area contributed by atoms with Gasteiger partial charge in [0.15, 0.2) is 16.7 Å². The molecular formula is C26H25N5O4S. The summed E-state index contributed by atoms with van der Waals surface area (Å²) >= 11 is 1.20. The number of rotatable bonds is 6. The van der Waals surface area contributed by atoms with Crippen molar-refractivity contribution < 1.29 is 19.1 Å². The third-order valence-corrected chi connectivity index (χ3v) is 6.52. The summed E-state index contributed by atoms with van der Waals surface area (Å²) in [6.07, 6.45) is 3.36. The highest BCUT2D eigenvalue weighted by Crippen LogP contribution is 2.34. The molecular weight excluding hydrogens is 478 g/mol. The van der Waals surface area contributed by atoms with Gasteiger partial charge in [-0.05, 0) is 56.7 Å². The van der Waals surface area contributed by atoms with Crippen molar-refractivity contribution in [2.75, 3.05) is 22.8 Å². The molecule has 36 heavy (non-hydrogen) atoms. The first kappa shape index (κ1) is 23.7. The van der Waals surface area contributed by atoms with Crippen molar-refractivity contribution in [3.8, 4) is 11.5 Å². The second kappa shape index (κ2) is 9.90. The van der Waals surface area contributed by atoms with E-state index in [2.05, 4.69) is 15.4 Å². The molecule has 0 aliphatic carbocycles. The van der Waals surface area contributed by atoms with Gasteiger partial charge in [-0.2, -0.15) is 5.10 Å². The monoisotopic (exact) mass is 503 g/mol. The maximum absolute atomic E-state index is 13.4. The molecule has 2 aliphatic heterocycles. The van der Waals surface area contributed by atoms with Gasteiger partial charge in [0.1, 0.15) is 11.5 Å². The molecule has 0 saturated carbocycles. The Balaban J connectivity index is 1.38. The number of benzene rings is 2. The van der Waals surface area contributed by atoms with Crippen LogP contribution in [0.3, 0.4) is 0 Å². The topological polar surface area (TPSA) is 98.1 Å². The van der Waals surface area contributed by atoms with Crippen LogP contribution in [0.2, 0.25) is 0 Å². The normalized spacial score (nSPS) is 15.7. The first-order valence-electron chi connectivity index (χ1n) is 11.5. The zero-order chi connectivity index (χ0) is 25.2. The third-order valence-electron chi connectivity index (χ3n) is 5.58. The number of aliphatic imine (C=N–C) groups is 1. The SMILES string of the molecule is Cc1ccc(N2C(=O)/C(=C/c3ccc4c(c3)OCO4)N=C2SCC(=O)Nc2ccnn2C(C)C)cc1. The van der Waals surface area contributed by atoms with Gasteiger partial charge in [-0.3, -0.25) is 14.5 Å². The molecule has 2 aliphatic rings. The molecule has 0 bridgehead atoms. The summed E-state index contributed by atoms with van der Waals surface area (Å²) in [5.74, 6) is 1.52. The predicted molar refractivity (Wildman–Crippen MR) is 140 cm³/mol. The van der Waals surface area contributed by atoms with E-state index in [0.29, 0.717) is 28.2 Å². The standard InChI is InChI=1S/C26H25N5O4S/c1-16(2)31-23(10-11-27-31)29-24(32)14-36-26-28-20(12-18-6-9-21-22(13-18)35-15-34-21)25(33)30(26)19-7-4-17(3)5-8-19/h4-13,16H,14-15H2,1-3H3,(H,29,32)/b20-12-. The lowest BCUT2D eigenvalue weighted by Gasteiger charge is -2.18. The van der Waals surface area contributed by atoms with Crippen molar-refractivity contribution >= 4 is 46.3 Å². The number of fused-ring (bicyclic) bond motifs is 1. The molecule has 1 aromatic heterocycles. The fourth-order valence-corrected chi connectivity index (χ4v) is 4.62. The number of carbonyl (C=O) groups excluding carboxylic acids is 2. The Morgan fingerprint density at radius 1 is 1.14 bits per heavy atom. The van der Waals surface area contributed by atoms with E-state index < -0.39 is 0 Å². The molecule has 2 amide bonds. The minimum absolute atomic E-state index is 0.0784. The van der Waals surface area contributed by atoms with Gasteiger partial charge in [0.05, 0.1) is 17.6 Å². The lowest BCUT2D eigenvalue weighted by Crippen LogP contribution is -2.31. The summed E-state index contributed by atoms with van der Waals surface area (Å²) in [5, 5.41) is 7.56. The molecule has 10 heteroatoms. The van der Waals surface area contributed by atoms with E-state index in [1.54, 1.807) is 29.1 Å². The number of aromatic nitrogens is 2. The number of ether oxygens (including phenoxy) is 2. The second-order valence-corrected chi connectivity index (χ2v) is 9.55. The number of anilines is 2. The summed E-state index contributed by atoms with van der Waals surface area (Å²) in [4.78, 5) is 32.3. The maximum atomic E-state index is 13.4. The Kier molecular flexibility index (Phi) is 6.51. The Morgan fingerprint density at radius 3 is 2.69 bits per heavy atom. The zero-order valence-corrected chi connectivity index (χ0v) is 20.9. The Hall–Kier alpha value is -4.05. The molecule has 0 spiro atoms. The highest BCUT2D eigenvalue weighted by atomic mass is 32.2.